The van der Waals surface area contributed by atoms with E-state index in [1.807, 2.05) is 24.3 Å². The molecule has 1 atom stereocenters. The molecule has 1 aromatic heterocycles. The largest absolute Gasteiger partial charge is 0.339 e. The van der Waals surface area contributed by atoms with Gasteiger partial charge in [0.05, 0.1) is 0 Å². The number of nitrogens with zero attached hydrogens (tertiary/aromatic N) is 2. The van der Waals surface area contributed by atoms with E-state index in [2.05, 4.69) is 48.3 Å². The van der Waals surface area contributed by atoms with Gasteiger partial charge >= 0.3 is 0 Å². The summed E-state index contributed by atoms with van der Waals surface area (Å²) in [7, 11) is 0. The SMILES string of the molecule is Cc1ccccc1C(C)Cc1nc(-c2ccc(CN)cc2)no1.Cl. The van der Waals surface area contributed by atoms with Crippen molar-refractivity contribution < 1.29 is 4.52 Å². The summed E-state index contributed by atoms with van der Waals surface area (Å²) >= 11 is 0. The fourth-order valence-electron chi connectivity index (χ4n) is 2.76. The zero-order chi connectivity index (χ0) is 16.2. The summed E-state index contributed by atoms with van der Waals surface area (Å²) in [4.78, 5) is 4.52. The smallest absolute Gasteiger partial charge is 0.227 e. The molecule has 1 unspecified atom stereocenters. The van der Waals surface area contributed by atoms with E-state index in [0.29, 0.717) is 24.2 Å². The molecule has 0 saturated heterocycles. The van der Waals surface area contributed by atoms with E-state index < -0.39 is 0 Å². The average Bonchev–Trinajstić information content (AvgIpc) is 3.03. The molecule has 0 aliphatic heterocycles. The molecule has 24 heavy (non-hydrogen) atoms. The van der Waals surface area contributed by atoms with E-state index in [9.17, 15) is 0 Å². The van der Waals surface area contributed by atoms with Crippen LogP contribution in [0.1, 0.15) is 35.4 Å². The highest BCUT2D eigenvalue weighted by Gasteiger charge is 2.14. The van der Waals surface area contributed by atoms with Gasteiger partial charge in [0.2, 0.25) is 11.7 Å². The fraction of sp³-hybridized carbons (Fsp3) is 0.263. The van der Waals surface area contributed by atoms with Gasteiger partial charge in [0.15, 0.2) is 0 Å². The van der Waals surface area contributed by atoms with E-state index in [4.69, 9.17) is 10.3 Å². The summed E-state index contributed by atoms with van der Waals surface area (Å²) in [5.41, 5.74) is 10.3. The predicted molar refractivity (Wildman–Crippen MR) is 98.2 cm³/mol. The summed E-state index contributed by atoms with van der Waals surface area (Å²) in [5, 5.41) is 4.09. The minimum atomic E-state index is 0. The molecule has 0 fully saturated rings. The van der Waals surface area contributed by atoms with Crippen molar-refractivity contribution in [2.75, 3.05) is 0 Å². The molecular weight excluding hydrogens is 322 g/mol. The van der Waals surface area contributed by atoms with Crippen molar-refractivity contribution in [3.8, 4) is 11.4 Å². The molecule has 3 rings (SSSR count). The standard InChI is InChI=1S/C19H21N3O.ClH/c1-13-5-3-4-6-17(13)14(2)11-18-21-19(22-23-18)16-9-7-15(12-20)8-10-16;/h3-10,14H,11-12,20H2,1-2H3;1H. The van der Waals surface area contributed by atoms with Gasteiger partial charge in [-0.2, -0.15) is 4.98 Å². The Morgan fingerprint density at radius 1 is 1.08 bits per heavy atom. The number of aryl methyl sites for hydroxylation is 1. The number of nitrogens with two attached hydrogens (primary N) is 1. The van der Waals surface area contributed by atoms with Crippen LogP contribution < -0.4 is 5.73 Å². The van der Waals surface area contributed by atoms with Crippen LogP contribution in [-0.2, 0) is 13.0 Å². The zero-order valence-electron chi connectivity index (χ0n) is 13.9. The van der Waals surface area contributed by atoms with Crippen molar-refractivity contribution in [3.05, 3.63) is 71.1 Å². The van der Waals surface area contributed by atoms with Gasteiger partial charge in [0.25, 0.3) is 0 Å². The third-order valence-corrected chi connectivity index (χ3v) is 4.12. The van der Waals surface area contributed by atoms with Gasteiger partial charge in [-0.15, -0.1) is 12.4 Å². The first-order valence-electron chi connectivity index (χ1n) is 7.85. The summed E-state index contributed by atoms with van der Waals surface area (Å²) in [5.74, 6) is 1.63. The van der Waals surface area contributed by atoms with Gasteiger partial charge in [-0.25, -0.2) is 0 Å². The molecule has 0 saturated carbocycles. The minimum Gasteiger partial charge on any atom is -0.339 e. The Morgan fingerprint density at radius 2 is 1.79 bits per heavy atom. The fourth-order valence-corrected chi connectivity index (χ4v) is 2.76. The molecule has 0 aliphatic carbocycles. The maximum atomic E-state index is 5.62. The normalized spacial score (nSPS) is 11.8. The van der Waals surface area contributed by atoms with Gasteiger partial charge in [-0.3, -0.25) is 0 Å². The van der Waals surface area contributed by atoms with Gasteiger partial charge in [-0.05, 0) is 29.5 Å². The van der Waals surface area contributed by atoms with Crippen molar-refractivity contribution in [2.24, 2.45) is 5.73 Å². The molecule has 0 amide bonds. The molecule has 3 aromatic rings. The second-order valence-corrected chi connectivity index (χ2v) is 5.87. The van der Waals surface area contributed by atoms with E-state index in [0.717, 1.165) is 17.5 Å². The van der Waals surface area contributed by atoms with Crippen LogP contribution >= 0.6 is 12.4 Å². The van der Waals surface area contributed by atoms with E-state index in [1.165, 1.54) is 11.1 Å². The van der Waals surface area contributed by atoms with Gasteiger partial charge in [0, 0.05) is 18.5 Å². The predicted octanol–water partition coefficient (Wildman–Crippen LogP) is 4.27. The second-order valence-electron chi connectivity index (χ2n) is 5.87. The summed E-state index contributed by atoms with van der Waals surface area (Å²) in [6.07, 6.45) is 0.735. The van der Waals surface area contributed by atoms with Crippen LogP contribution in [0.2, 0.25) is 0 Å². The lowest BCUT2D eigenvalue weighted by atomic mass is 9.94. The van der Waals surface area contributed by atoms with Crippen LogP contribution in [0.15, 0.2) is 53.1 Å². The van der Waals surface area contributed by atoms with Crippen LogP contribution in [0, 0.1) is 6.92 Å². The number of halogens is 1. The van der Waals surface area contributed by atoms with Gasteiger partial charge in [-0.1, -0.05) is 60.6 Å². The zero-order valence-corrected chi connectivity index (χ0v) is 14.7. The molecule has 0 radical (unpaired) electrons. The van der Waals surface area contributed by atoms with Crippen molar-refractivity contribution >= 4 is 12.4 Å². The molecule has 2 N–H and O–H groups in total. The second kappa shape index (κ2) is 8.08. The number of hydrogen-bond donors (Lipinski definition) is 1. The molecule has 0 aliphatic rings. The van der Waals surface area contributed by atoms with Crippen LogP contribution in [-0.4, -0.2) is 10.1 Å². The topological polar surface area (TPSA) is 64.9 Å². The highest BCUT2D eigenvalue weighted by Crippen LogP contribution is 2.24. The third kappa shape index (κ3) is 4.02. The maximum absolute atomic E-state index is 5.62. The van der Waals surface area contributed by atoms with Crippen molar-refractivity contribution in [1.29, 1.82) is 0 Å². The number of benzene rings is 2. The van der Waals surface area contributed by atoms with Crippen LogP contribution in [0.3, 0.4) is 0 Å². The Hall–Kier alpha value is -2.17. The lowest BCUT2D eigenvalue weighted by Crippen LogP contribution is -2.01. The van der Waals surface area contributed by atoms with Crippen LogP contribution in [0.25, 0.3) is 11.4 Å². The highest BCUT2D eigenvalue weighted by molar-refractivity contribution is 5.85. The first-order valence-corrected chi connectivity index (χ1v) is 7.85. The summed E-state index contributed by atoms with van der Waals surface area (Å²) in [6.45, 7) is 4.85. The van der Waals surface area contributed by atoms with E-state index >= 15 is 0 Å². The quantitative estimate of drug-likeness (QED) is 0.751. The summed E-state index contributed by atoms with van der Waals surface area (Å²) in [6, 6.07) is 16.3. The van der Waals surface area contributed by atoms with Crippen molar-refractivity contribution in [1.82, 2.24) is 10.1 Å². The van der Waals surface area contributed by atoms with Crippen LogP contribution in [0.4, 0.5) is 0 Å². The lowest BCUT2D eigenvalue weighted by Gasteiger charge is -2.11. The highest BCUT2D eigenvalue weighted by atomic mass is 35.5. The number of hydrogen-bond acceptors (Lipinski definition) is 4. The Labute approximate surface area is 148 Å². The molecule has 0 spiro atoms. The molecular formula is C19H22ClN3O. The molecule has 0 bridgehead atoms. The third-order valence-electron chi connectivity index (χ3n) is 4.12. The average molecular weight is 344 g/mol. The Balaban J connectivity index is 0.00000208. The first-order chi connectivity index (χ1) is 11.2. The number of aromatic nitrogens is 2. The van der Waals surface area contributed by atoms with Crippen molar-refractivity contribution in [3.63, 3.8) is 0 Å². The molecule has 2 aromatic carbocycles. The maximum Gasteiger partial charge on any atom is 0.227 e. The van der Waals surface area contributed by atoms with Gasteiger partial charge in [0.1, 0.15) is 0 Å². The van der Waals surface area contributed by atoms with Gasteiger partial charge < -0.3 is 10.3 Å². The minimum absolute atomic E-state index is 0. The molecule has 4 nitrogen and oxygen atoms in total. The van der Waals surface area contributed by atoms with E-state index in [-0.39, 0.29) is 12.4 Å². The van der Waals surface area contributed by atoms with E-state index in [1.54, 1.807) is 0 Å². The number of rotatable bonds is 5. The Kier molecular flexibility index (Phi) is 6.12. The van der Waals surface area contributed by atoms with Crippen LogP contribution in [0.5, 0.6) is 0 Å². The monoisotopic (exact) mass is 343 g/mol. The lowest BCUT2D eigenvalue weighted by molar-refractivity contribution is 0.372. The molecule has 126 valence electrons. The van der Waals surface area contributed by atoms with Crippen molar-refractivity contribution in [2.45, 2.75) is 32.7 Å². The summed E-state index contributed by atoms with van der Waals surface area (Å²) < 4.78 is 5.42. The molecule has 5 heteroatoms. The Bertz CT molecular complexity index is 783. The molecule has 1 heterocycles. The first kappa shape index (κ1) is 18.2. The Morgan fingerprint density at radius 3 is 2.46 bits per heavy atom.